The Labute approximate surface area is 114 Å². The maximum atomic E-state index is 11.4. The van der Waals surface area contributed by atoms with Crippen LogP contribution in [-0.4, -0.2) is 29.4 Å². The predicted molar refractivity (Wildman–Crippen MR) is 72.9 cm³/mol. The van der Waals surface area contributed by atoms with E-state index in [1.54, 1.807) is 4.68 Å². The molecule has 19 heavy (non-hydrogen) atoms. The third kappa shape index (κ3) is 3.15. The first kappa shape index (κ1) is 14.1. The van der Waals surface area contributed by atoms with E-state index in [1.165, 1.54) is 31.9 Å². The van der Waals surface area contributed by atoms with E-state index in [2.05, 4.69) is 10.4 Å². The van der Waals surface area contributed by atoms with Crippen molar-refractivity contribution in [2.24, 2.45) is 0 Å². The summed E-state index contributed by atoms with van der Waals surface area (Å²) in [5.74, 6) is -0.258. The van der Waals surface area contributed by atoms with Crippen molar-refractivity contribution in [2.75, 3.05) is 13.7 Å². The molecule has 1 aromatic rings. The molecule has 1 aliphatic heterocycles. The molecule has 0 spiro atoms. The number of aromatic nitrogens is 2. The summed E-state index contributed by atoms with van der Waals surface area (Å²) in [5.41, 5.74) is 3.34. The van der Waals surface area contributed by atoms with Gasteiger partial charge in [0.05, 0.1) is 12.8 Å². The molecule has 1 aliphatic rings. The number of carbonyl (C=O) groups excluding carboxylic acids is 1. The molecule has 0 radical (unpaired) electrons. The third-order valence-corrected chi connectivity index (χ3v) is 3.85. The minimum absolute atomic E-state index is 0.190. The molecule has 1 saturated heterocycles. The highest BCUT2D eigenvalue weighted by atomic mass is 16.5. The van der Waals surface area contributed by atoms with E-state index >= 15 is 0 Å². The van der Waals surface area contributed by atoms with Gasteiger partial charge in [0.25, 0.3) is 0 Å². The second kappa shape index (κ2) is 6.19. The Balaban J connectivity index is 2.22. The zero-order chi connectivity index (χ0) is 13.8. The van der Waals surface area contributed by atoms with E-state index < -0.39 is 0 Å². The van der Waals surface area contributed by atoms with Gasteiger partial charge in [-0.15, -0.1) is 0 Å². The van der Waals surface area contributed by atoms with E-state index in [1.807, 2.05) is 13.8 Å². The molecule has 0 amide bonds. The number of methoxy groups -OCH3 is 1. The first-order chi connectivity index (χ1) is 9.13. The third-order valence-electron chi connectivity index (χ3n) is 3.85. The number of esters is 1. The number of hydrogen-bond acceptors (Lipinski definition) is 4. The highest BCUT2D eigenvalue weighted by Gasteiger charge is 2.22. The zero-order valence-electron chi connectivity index (χ0n) is 12.0. The standard InChI is InChI=1S/C14H23N3O2/c1-10-14(12-7-5-4-6-8-15-12)11(2)17(16-10)9-13(18)19-3/h12,15H,4-9H2,1-3H3/t12-/m1/s1. The molecule has 0 bridgehead atoms. The smallest absolute Gasteiger partial charge is 0.327 e. The Morgan fingerprint density at radius 1 is 1.42 bits per heavy atom. The van der Waals surface area contributed by atoms with Crippen molar-refractivity contribution < 1.29 is 9.53 Å². The van der Waals surface area contributed by atoms with Crippen molar-refractivity contribution in [3.05, 3.63) is 17.0 Å². The Morgan fingerprint density at radius 2 is 2.21 bits per heavy atom. The molecule has 1 fully saturated rings. The molecule has 0 aromatic carbocycles. The summed E-state index contributed by atoms with van der Waals surface area (Å²) >= 11 is 0. The van der Waals surface area contributed by atoms with Crippen LogP contribution in [0.5, 0.6) is 0 Å². The van der Waals surface area contributed by atoms with E-state index in [0.29, 0.717) is 6.04 Å². The van der Waals surface area contributed by atoms with E-state index in [9.17, 15) is 4.79 Å². The number of nitrogens with zero attached hydrogens (tertiary/aromatic N) is 2. The van der Waals surface area contributed by atoms with Gasteiger partial charge in [-0.1, -0.05) is 12.8 Å². The van der Waals surface area contributed by atoms with Crippen LogP contribution in [0.1, 0.15) is 48.7 Å². The molecular weight excluding hydrogens is 242 g/mol. The molecule has 1 aromatic heterocycles. The fourth-order valence-corrected chi connectivity index (χ4v) is 2.83. The lowest BCUT2D eigenvalue weighted by Gasteiger charge is -2.16. The Hall–Kier alpha value is -1.36. The number of ether oxygens (including phenoxy) is 1. The van der Waals surface area contributed by atoms with Crippen LogP contribution in [0.2, 0.25) is 0 Å². The minimum Gasteiger partial charge on any atom is -0.468 e. The molecule has 1 N–H and O–H groups in total. The largest absolute Gasteiger partial charge is 0.468 e. The number of aryl methyl sites for hydroxylation is 1. The summed E-state index contributed by atoms with van der Waals surface area (Å²) < 4.78 is 6.46. The van der Waals surface area contributed by atoms with Gasteiger partial charge in [0.15, 0.2) is 0 Å². The van der Waals surface area contributed by atoms with E-state index in [0.717, 1.165) is 24.4 Å². The second-order valence-corrected chi connectivity index (χ2v) is 5.17. The average molecular weight is 265 g/mol. The topological polar surface area (TPSA) is 56.2 Å². The van der Waals surface area contributed by atoms with Crippen LogP contribution in [0.4, 0.5) is 0 Å². The van der Waals surface area contributed by atoms with Crippen LogP contribution >= 0.6 is 0 Å². The summed E-state index contributed by atoms with van der Waals surface area (Å²) in [6.45, 7) is 5.30. The van der Waals surface area contributed by atoms with Gasteiger partial charge in [0, 0.05) is 17.3 Å². The Morgan fingerprint density at radius 3 is 2.95 bits per heavy atom. The highest BCUT2D eigenvalue weighted by molar-refractivity contribution is 5.69. The number of rotatable bonds is 3. The fraction of sp³-hybridized carbons (Fsp3) is 0.714. The summed E-state index contributed by atoms with van der Waals surface area (Å²) in [4.78, 5) is 11.4. The highest BCUT2D eigenvalue weighted by Crippen LogP contribution is 2.27. The maximum absolute atomic E-state index is 11.4. The van der Waals surface area contributed by atoms with Gasteiger partial charge in [-0.05, 0) is 33.2 Å². The SMILES string of the molecule is COC(=O)Cn1nc(C)c([C@H]2CCCCCN2)c1C. The lowest BCUT2D eigenvalue weighted by Crippen LogP contribution is -2.21. The van der Waals surface area contributed by atoms with E-state index in [4.69, 9.17) is 4.74 Å². The van der Waals surface area contributed by atoms with Crippen LogP contribution in [0, 0.1) is 13.8 Å². The first-order valence-electron chi connectivity index (χ1n) is 6.97. The van der Waals surface area contributed by atoms with Crippen LogP contribution in [-0.2, 0) is 16.1 Å². The van der Waals surface area contributed by atoms with Crippen molar-refractivity contribution in [1.29, 1.82) is 0 Å². The van der Waals surface area contributed by atoms with Gasteiger partial charge in [-0.2, -0.15) is 5.10 Å². The molecule has 0 aliphatic carbocycles. The summed E-state index contributed by atoms with van der Waals surface area (Å²) in [5, 5.41) is 8.07. The molecule has 5 heteroatoms. The van der Waals surface area contributed by atoms with Crippen molar-refractivity contribution in [2.45, 2.75) is 52.1 Å². The van der Waals surface area contributed by atoms with Gasteiger partial charge < -0.3 is 10.1 Å². The minimum atomic E-state index is -0.258. The van der Waals surface area contributed by atoms with Gasteiger partial charge in [0.2, 0.25) is 0 Å². The molecule has 0 unspecified atom stereocenters. The Kier molecular flexibility index (Phi) is 4.58. The van der Waals surface area contributed by atoms with Crippen LogP contribution in [0.15, 0.2) is 0 Å². The second-order valence-electron chi connectivity index (χ2n) is 5.17. The summed E-state index contributed by atoms with van der Waals surface area (Å²) in [6.07, 6.45) is 4.92. The van der Waals surface area contributed by atoms with Gasteiger partial charge in [-0.3, -0.25) is 9.48 Å². The molecule has 5 nitrogen and oxygen atoms in total. The average Bonchev–Trinajstić information content (AvgIpc) is 2.62. The summed E-state index contributed by atoms with van der Waals surface area (Å²) in [6, 6.07) is 0.369. The van der Waals surface area contributed by atoms with Crippen molar-refractivity contribution in [3.8, 4) is 0 Å². The van der Waals surface area contributed by atoms with Crippen molar-refractivity contribution >= 4 is 5.97 Å². The molecule has 1 atom stereocenters. The van der Waals surface area contributed by atoms with Gasteiger partial charge in [0.1, 0.15) is 6.54 Å². The Bertz CT molecular complexity index is 446. The molecular formula is C14H23N3O2. The molecule has 2 rings (SSSR count). The lowest BCUT2D eigenvalue weighted by atomic mass is 10.0. The normalized spacial score (nSPS) is 20.1. The van der Waals surface area contributed by atoms with Crippen molar-refractivity contribution in [1.82, 2.24) is 15.1 Å². The predicted octanol–water partition coefficient (Wildman–Crippen LogP) is 1.88. The summed E-state index contributed by atoms with van der Waals surface area (Å²) in [7, 11) is 1.40. The fourth-order valence-electron chi connectivity index (χ4n) is 2.83. The first-order valence-corrected chi connectivity index (χ1v) is 6.97. The number of nitrogens with one attached hydrogen (secondary N) is 1. The quantitative estimate of drug-likeness (QED) is 0.848. The van der Waals surface area contributed by atoms with Gasteiger partial charge in [-0.25, -0.2) is 0 Å². The molecule has 2 heterocycles. The van der Waals surface area contributed by atoms with Crippen molar-refractivity contribution in [3.63, 3.8) is 0 Å². The van der Waals surface area contributed by atoms with E-state index in [-0.39, 0.29) is 12.5 Å². The molecule has 0 saturated carbocycles. The number of carbonyl (C=O) groups is 1. The van der Waals surface area contributed by atoms with Crippen LogP contribution < -0.4 is 5.32 Å². The number of hydrogen-bond donors (Lipinski definition) is 1. The van der Waals surface area contributed by atoms with Gasteiger partial charge >= 0.3 is 5.97 Å². The molecule has 106 valence electrons. The monoisotopic (exact) mass is 265 g/mol. The maximum Gasteiger partial charge on any atom is 0.327 e. The van der Waals surface area contributed by atoms with Crippen LogP contribution in [0.25, 0.3) is 0 Å². The van der Waals surface area contributed by atoms with Crippen LogP contribution in [0.3, 0.4) is 0 Å². The zero-order valence-corrected chi connectivity index (χ0v) is 12.0. The lowest BCUT2D eigenvalue weighted by molar-refractivity contribution is -0.141.